The van der Waals surface area contributed by atoms with Crippen LogP contribution in [0.1, 0.15) is 31.5 Å². The molecule has 1 atom stereocenters. The van der Waals surface area contributed by atoms with Crippen molar-refractivity contribution in [1.82, 2.24) is 4.98 Å². The van der Waals surface area contributed by atoms with Crippen molar-refractivity contribution in [3.63, 3.8) is 0 Å². The Morgan fingerprint density at radius 2 is 1.57 bits per heavy atom. The molecule has 1 saturated heterocycles. The van der Waals surface area contributed by atoms with Gasteiger partial charge in [0.15, 0.2) is 17.8 Å². The Labute approximate surface area is 209 Å². The Morgan fingerprint density at radius 1 is 0.914 bits per heavy atom. The number of aromatic nitrogens is 1. The molecule has 176 valence electrons. The highest BCUT2D eigenvalue weighted by atomic mass is 35.5. The zero-order valence-electron chi connectivity index (χ0n) is 19.5. The van der Waals surface area contributed by atoms with Crippen molar-refractivity contribution in [2.75, 3.05) is 27.9 Å². The first kappa shape index (κ1) is 21.7. The molecule has 7 heteroatoms. The number of halogens is 1. The topological polar surface area (TPSA) is 54.9 Å². The molecule has 3 heterocycles. The fraction of sp³-hybridized carbons (Fsp3) is 0.214. The Bertz CT molecular complexity index is 1400. The monoisotopic (exact) mass is 483 g/mol. The molecule has 2 aliphatic rings. The third kappa shape index (κ3) is 3.84. The molecule has 0 aliphatic carbocycles. The second-order valence-electron chi connectivity index (χ2n) is 9.04. The summed E-state index contributed by atoms with van der Waals surface area (Å²) in [5, 5.41) is 8.51. The predicted molar refractivity (Wildman–Crippen MR) is 143 cm³/mol. The van der Waals surface area contributed by atoms with Crippen LogP contribution in [0.25, 0.3) is 10.9 Å². The first-order valence-corrected chi connectivity index (χ1v) is 12.3. The molecular formula is C28H26ClN5O. The van der Waals surface area contributed by atoms with Crippen molar-refractivity contribution < 1.29 is 4.79 Å². The number of H-pyrrole nitrogens is 1. The number of anilines is 3. The van der Waals surface area contributed by atoms with E-state index in [2.05, 4.69) is 46.3 Å². The standard InChI is InChI=1S/C28H26ClN5O/c1-19(35)27-31-34(23-10-8-20(29)9-11-23)28(25-18-30-26-7-3-2-6-24(25)26)33(27)22-14-12-21(13-15-22)32-16-4-5-17-32/h2-3,6-15,18,28,30H,4-5,16-17H2,1H3/t28-/m1/s1. The van der Waals surface area contributed by atoms with Gasteiger partial charge in [-0.3, -0.25) is 9.69 Å². The van der Waals surface area contributed by atoms with E-state index in [-0.39, 0.29) is 11.9 Å². The van der Waals surface area contributed by atoms with Gasteiger partial charge in [-0.1, -0.05) is 29.8 Å². The number of para-hydroxylation sites is 1. The van der Waals surface area contributed by atoms with Crippen LogP contribution in [0.2, 0.25) is 5.02 Å². The molecule has 0 bridgehead atoms. The SMILES string of the molecule is CC(=O)C1=NN(c2ccc(Cl)cc2)[C@H](c2c[nH]c3ccccc23)N1c1ccc(N2CCCC2)cc1. The maximum absolute atomic E-state index is 12.9. The van der Waals surface area contributed by atoms with E-state index in [0.717, 1.165) is 40.9 Å². The van der Waals surface area contributed by atoms with Crippen LogP contribution in [-0.2, 0) is 4.79 Å². The van der Waals surface area contributed by atoms with Gasteiger partial charge in [-0.05, 0) is 67.4 Å². The zero-order chi connectivity index (χ0) is 23.9. The Kier molecular flexibility index (Phi) is 5.46. The predicted octanol–water partition coefficient (Wildman–Crippen LogP) is 6.35. The first-order valence-electron chi connectivity index (χ1n) is 11.9. The number of nitrogens with one attached hydrogen (secondary N) is 1. The largest absolute Gasteiger partial charge is 0.372 e. The Morgan fingerprint density at radius 3 is 2.29 bits per heavy atom. The number of rotatable bonds is 5. The lowest BCUT2D eigenvalue weighted by molar-refractivity contribution is -0.111. The van der Waals surface area contributed by atoms with Crippen molar-refractivity contribution in [1.29, 1.82) is 0 Å². The van der Waals surface area contributed by atoms with E-state index in [9.17, 15) is 4.79 Å². The summed E-state index contributed by atoms with van der Waals surface area (Å²) in [6.45, 7) is 3.75. The number of benzene rings is 3. The molecule has 4 aromatic rings. The van der Waals surface area contributed by atoms with Crippen LogP contribution in [0.5, 0.6) is 0 Å². The molecule has 0 radical (unpaired) electrons. The van der Waals surface area contributed by atoms with Crippen LogP contribution in [-0.4, -0.2) is 29.7 Å². The quantitative estimate of drug-likeness (QED) is 0.359. The lowest BCUT2D eigenvalue weighted by Gasteiger charge is -2.32. The third-order valence-electron chi connectivity index (χ3n) is 6.81. The van der Waals surface area contributed by atoms with Crippen molar-refractivity contribution in [3.05, 3.63) is 89.6 Å². The second kappa shape index (κ2) is 8.78. The number of amidine groups is 1. The lowest BCUT2D eigenvalue weighted by Crippen LogP contribution is -2.37. The molecule has 1 aromatic heterocycles. The summed E-state index contributed by atoms with van der Waals surface area (Å²) in [4.78, 5) is 20.7. The van der Waals surface area contributed by atoms with Crippen molar-refractivity contribution in [3.8, 4) is 0 Å². The van der Waals surface area contributed by atoms with Crippen LogP contribution in [0, 0.1) is 0 Å². The lowest BCUT2D eigenvalue weighted by atomic mass is 10.1. The van der Waals surface area contributed by atoms with E-state index >= 15 is 0 Å². The molecule has 0 spiro atoms. The molecule has 6 nitrogen and oxygen atoms in total. The van der Waals surface area contributed by atoms with Gasteiger partial charge in [-0.15, -0.1) is 5.10 Å². The number of hydrogen-bond donors (Lipinski definition) is 1. The van der Waals surface area contributed by atoms with Crippen LogP contribution >= 0.6 is 11.6 Å². The van der Waals surface area contributed by atoms with Gasteiger partial charge in [-0.2, -0.15) is 0 Å². The third-order valence-corrected chi connectivity index (χ3v) is 7.06. The molecular weight excluding hydrogens is 458 g/mol. The number of ketones is 1. The smallest absolute Gasteiger partial charge is 0.198 e. The summed E-state index contributed by atoms with van der Waals surface area (Å²) in [5.41, 5.74) is 5.08. The molecule has 0 unspecified atom stereocenters. The molecule has 0 amide bonds. The first-order chi connectivity index (χ1) is 17.1. The maximum atomic E-state index is 12.9. The number of fused-ring (bicyclic) bond motifs is 1. The van der Waals surface area contributed by atoms with E-state index < -0.39 is 0 Å². The van der Waals surface area contributed by atoms with Crippen molar-refractivity contribution >= 4 is 51.2 Å². The van der Waals surface area contributed by atoms with E-state index in [1.807, 2.05) is 52.5 Å². The fourth-order valence-corrected chi connectivity index (χ4v) is 5.23. The number of nitrogens with zero attached hydrogens (tertiary/aromatic N) is 4. The van der Waals surface area contributed by atoms with Crippen molar-refractivity contribution in [2.24, 2.45) is 5.10 Å². The van der Waals surface area contributed by atoms with Gasteiger partial charge in [0.25, 0.3) is 0 Å². The number of hydrogen-bond acceptors (Lipinski definition) is 5. The highest BCUT2D eigenvalue weighted by Crippen LogP contribution is 2.42. The Balaban J connectivity index is 1.49. The number of aromatic amines is 1. The molecule has 35 heavy (non-hydrogen) atoms. The summed E-state index contributed by atoms with van der Waals surface area (Å²) in [6.07, 6.45) is 4.13. The minimum Gasteiger partial charge on any atom is -0.372 e. The van der Waals surface area contributed by atoms with Crippen LogP contribution < -0.4 is 14.8 Å². The van der Waals surface area contributed by atoms with E-state index in [0.29, 0.717) is 10.9 Å². The van der Waals surface area contributed by atoms with Gasteiger partial charge >= 0.3 is 0 Å². The zero-order valence-corrected chi connectivity index (χ0v) is 20.2. The number of carbonyl (C=O) groups excluding carboxylic acids is 1. The summed E-state index contributed by atoms with van der Waals surface area (Å²) >= 11 is 6.18. The van der Waals surface area contributed by atoms with Crippen LogP contribution in [0.4, 0.5) is 17.1 Å². The maximum Gasteiger partial charge on any atom is 0.198 e. The normalized spacial score (nSPS) is 17.9. The van der Waals surface area contributed by atoms with Gasteiger partial charge in [0.2, 0.25) is 0 Å². The molecule has 3 aromatic carbocycles. The van der Waals surface area contributed by atoms with Crippen LogP contribution in [0.3, 0.4) is 0 Å². The highest BCUT2D eigenvalue weighted by Gasteiger charge is 2.40. The van der Waals surface area contributed by atoms with Crippen LogP contribution in [0.15, 0.2) is 84.1 Å². The van der Waals surface area contributed by atoms with E-state index in [1.165, 1.54) is 18.5 Å². The summed E-state index contributed by atoms with van der Waals surface area (Å²) in [5.74, 6) is 0.319. The average molecular weight is 484 g/mol. The minimum atomic E-state index is -0.344. The van der Waals surface area contributed by atoms with Crippen molar-refractivity contribution in [2.45, 2.75) is 25.9 Å². The molecule has 2 aliphatic heterocycles. The van der Waals surface area contributed by atoms with Gasteiger partial charge < -0.3 is 9.88 Å². The minimum absolute atomic E-state index is 0.0880. The highest BCUT2D eigenvalue weighted by molar-refractivity contribution is 6.44. The Hall–Kier alpha value is -3.77. The summed E-state index contributed by atoms with van der Waals surface area (Å²) < 4.78 is 0. The average Bonchev–Trinajstić information content (AvgIpc) is 3.63. The second-order valence-corrected chi connectivity index (χ2v) is 9.48. The molecule has 0 saturated carbocycles. The summed E-state index contributed by atoms with van der Waals surface area (Å²) in [7, 11) is 0. The summed E-state index contributed by atoms with van der Waals surface area (Å²) in [6, 6.07) is 24.3. The van der Waals surface area contributed by atoms with Gasteiger partial charge in [-0.25, -0.2) is 5.01 Å². The number of carbonyl (C=O) groups is 1. The number of hydrazone groups is 1. The van der Waals surface area contributed by atoms with Gasteiger partial charge in [0, 0.05) is 59.1 Å². The fourth-order valence-electron chi connectivity index (χ4n) is 5.10. The van der Waals surface area contributed by atoms with Gasteiger partial charge in [0.05, 0.1) is 5.69 Å². The number of Topliss-reactive ketones (excluding diaryl/α,β-unsaturated/α-hetero) is 1. The molecule has 6 rings (SSSR count). The van der Waals surface area contributed by atoms with E-state index in [4.69, 9.17) is 16.7 Å². The molecule has 1 N–H and O–H groups in total. The van der Waals surface area contributed by atoms with Gasteiger partial charge in [0.1, 0.15) is 0 Å². The molecule has 1 fully saturated rings. The van der Waals surface area contributed by atoms with E-state index in [1.54, 1.807) is 6.92 Å².